The van der Waals surface area contributed by atoms with Gasteiger partial charge in [0.25, 0.3) is 5.91 Å². The van der Waals surface area contributed by atoms with Crippen molar-refractivity contribution < 1.29 is 23.8 Å². The second-order valence-electron chi connectivity index (χ2n) is 4.78. The van der Waals surface area contributed by atoms with Crippen LogP contribution in [-0.2, 0) is 17.8 Å². The maximum atomic E-state index is 12.3. The minimum Gasteiger partial charge on any atom is -0.496 e. The average molecular weight is 303 g/mol. The van der Waals surface area contributed by atoms with E-state index in [4.69, 9.17) is 14.3 Å². The Morgan fingerprint density at radius 3 is 2.73 bits per heavy atom. The van der Waals surface area contributed by atoms with Gasteiger partial charge in [0.1, 0.15) is 17.9 Å². The van der Waals surface area contributed by atoms with Crippen LogP contribution in [0.5, 0.6) is 5.75 Å². The molecule has 116 valence electrons. The summed E-state index contributed by atoms with van der Waals surface area (Å²) < 4.78 is 10.4. The molecule has 1 heterocycles. The molecule has 22 heavy (non-hydrogen) atoms. The first-order valence-corrected chi connectivity index (χ1v) is 6.71. The first kappa shape index (κ1) is 15.6. The third-order valence-electron chi connectivity index (χ3n) is 3.22. The summed E-state index contributed by atoms with van der Waals surface area (Å²) in [4.78, 5) is 23.1. The van der Waals surface area contributed by atoms with E-state index in [0.717, 1.165) is 5.56 Å². The van der Waals surface area contributed by atoms with Gasteiger partial charge in [0.05, 0.1) is 18.9 Å². The van der Waals surface area contributed by atoms with Gasteiger partial charge < -0.3 is 19.6 Å². The van der Waals surface area contributed by atoms with Crippen LogP contribution in [0.4, 0.5) is 0 Å². The van der Waals surface area contributed by atoms with E-state index in [9.17, 15) is 9.59 Å². The van der Waals surface area contributed by atoms with Gasteiger partial charge in [-0.05, 0) is 13.0 Å². The van der Waals surface area contributed by atoms with Crippen molar-refractivity contribution in [2.75, 3.05) is 7.11 Å². The molecule has 0 fully saturated rings. The van der Waals surface area contributed by atoms with Crippen LogP contribution in [0.25, 0.3) is 0 Å². The molecule has 0 aliphatic heterocycles. The summed E-state index contributed by atoms with van der Waals surface area (Å²) in [7, 11) is 1.56. The Kier molecular flexibility index (Phi) is 4.83. The number of nitrogens with one attached hydrogen (secondary N) is 1. The largest absolute Gasteiger partial charge is 0.496 e. The van der Waals surface area contributed by atoms with Gasteiger partial charge in [-0.3, -0.25) is 9.59 Å². The Morgan fingerprint density at radius 2 is 2.05 bits per heavy atom. The number of methoxy groups -OCH3 is 1. The molecule has 1 aromatic carbocycles. The minimum atomic E-state index is -1.05. The van der Waals surface area contributed by atoms with E-state index in [1.807, 2.05) is 18.2 Å². The summed E-state index contributed by atoms with van der Waals surface area (Å²) in [5.41, 5.74) is 1.71. The number of carboxylic acid groups (broad SMARTS) is 1. The predicted molar refractivity (Wildman–Crippen MR) is 78.9 cm³/mol. The lowest BCUT2D eigenvalue weighted by molar-refractivity contribution is -0.136. The normalized spacial score (nSPS) is 10.3. The van der Waals surface area contributed by atoms with E-state index < -0.39 is 5.97 Å². The monoisotopic (exact) mass is 303 g/mol. The molecule has 6 nitrogen and oxygen atoms in total. The SMILES string of the molecule is COc1ccccc1CNC(=O)c1c(C)coc1CC(=O)O. The van der Waals surface area contributed by atoms with Crippen LogP contribution in [0, 0.1) is 6.92 Å². The molecule has 0 saturated carbocycles. The van der Waals surface area contributed by atoms with Crippen molar-refractivity contribution in [2.45, 2.75) is 19.9 Å². The number of furan rings is 1. The molecule has 0 aliphatic carbocycles. The van der Waals surface area contributed by atoms with E-state index in [-0.39, 0.29) is 30.2 Å². The number of aliphatic carboxylic acids is 1. The summed E-state index contributed by atoms with van der Waals surface area (Å²) in [5, 5.41) is 11.6. The Hall–Kier alpha value is -2.76. The standard InChI is InChI=1S/C16H17NO5/c1-10-9-22-13(7-14(18)19)15(10)16(20)17-8-11-5-3-4-6-12(11)21-2/h3-6,9H,7-8H2,1-2H3,(H,17,20)(H,18,19). The molecule has 0 bridgehead atoms. The van der Waals surface area contributed by atoms with Crippen LogP contribution < -0.4 is 10.1 Å². The Morgan fingerprint density at radius 1 is 1.32 bits per heavy atom. The lowest BCUT2D eigenvalue weighted by Gasteiger charge is -2.10. The number of amides is 1. The van der Waals surface area contributed by atoms with Crippen molar-refractivity contribution in [3.05, 3.63) is 53.0 Å². The fourth-order valence-electron chi connectivity index (χ4n) is 2.18. The molecule has 0 aliphatic rings. The highest BCUT2D eigenvalue weighted by Gasteiger charge is 2.20. The van der Waals surface area contributed by atoms with Gasteiger partial charge in [-0.15, -0.1) is 0 Å². The maximum Gasteiger partial charge on any atom is 0.311 e. The van der Waals surface area contributed by atoms with Gasteiger partial charge >= 0.3 is 5.97 Å². The van der Waals surface area contributed by atoms with Crippen LogP contribution in [0.15, 0.2) is 34.9 Å². The van der Waals surface area contributed by atoms with E-state index >= 15 is 0 Å². The number of hydrogen-bond donors (Lipinski definition) is 2. The zero-order valence-corrected chi connectivity index (χ0v) is 12.4. The molecule has 0 spiro atoms. The third kappa shape index (κ3) is 3.46. The van der Waals surface area contributed by atoms with E-state index in [2.05, 4.69) is 5.32 Å². The molecule has 0 radical (unpaired) electrons. The van der Waals surface area contributed by atoms with Crippen molar-refractivity contribution in [1.82, 2.24) is 5.32 Å². The van der Waals surface area contributed by atoms with E-state index in [1.54, 1.807) is 20.1 Å². The number of carbonyl (C=O) groups excluding carboxylic acids is 1. The van der Waals surface area contributed by atoms with Gasteiger partial charge in [0, 0.05) is 17.7 Å². The van der Waals surface area contributed by atoms with Crippen LogP contribution >= 0.6 is 0 Å². The molecule has 1 aromatic heterocycles. The van der Waals surface area contributed by atoms with Gasteiger partial charge in [-0.25, -0.2) is 0 Å². The lowest BCUT2D eigenvalue weighted by atomic mass is 10.1. The molecule has 0 unspecified atom stereocenters. The number of ether oxygens (including phenoxy) is 1. The number of para-hydroxylation sites is 1. The highest BCUT2D eigenvalue weighted by molar-refractivity contribution is 5.97. The summed E-state index contributed by atoms with van der Waals surface area (Å²) in [5.74, 6) is -0.582. The van der Waals surface area contributed by atoms with Gasteiger partial charge in [0.15, 0.2) is 0 Å². The molecule has 1 amide bonds. The molecular formula is C16H17NO5. The van der Waals surface area contributed by atoms with Crippen molar-refractivity contribution in [1.29, 1.82) is 0 Å². The van der Waals surface area contributed by atoms with E-state index in [1.165, 1.54) is 6.26 Å². The van der Waals surface area contributed by atoms with Crippen LogP contribution in [-0.4, -0.2) is 24.1 Å². The zero-order chi connectivity index (χ0) is 16.1. The van der Waals surface area contributed by atoms with Crippen LogP contribution in [0.3, 0.4) is 0 Å². The molecule has 0 saturated heterocycles. The molecule has 2 aromatic rings. The van der Waals surface area contributed by atoms with Crippen LogP contribution in [0.2, 0.25) is 0 Å². The predicted octanol–water partition coefficient (Wildman–Crippen LogP) is 2.15. The highest BCUT2D eigenvalue weighted by Crippen LogP contribution is 2.19. The highest BCUT2D eigenvalue weighted by atomic mass is 16.5. The zero-order valence-electron chi connectivity index (χ0n) is 12.4. The smallest absolute Gasteiger partial charge is 0.311 e. The number of benzene rings is 1. The van der Waals surface area contributed by atoms with Crippen LogP contribution in [0.1, 0.15) is 27.2 Å². The van der Waals surface area contributed by atoms with Gasteiger partial charge in [-0.2, -0.15) is 0 Å². The van der Waals surface area contributed by atoms with E-state index in [0.29, 0.717) is 11.3 Å². The summed E-state index contributed by atoms with van der Waals surface area (Å²) in [6.07, 6.45) is 1.06. The fraction of sp³-hybridized carbons (Fsp3) is 0.250. The molecule has 2 N–H and O–H groups in total. The number of carbonyl (C=O) groups is 2. The Bertz CT molecular complexity index is 690. The Labute approximate surface area is 127 Å². The average Bonchev–Trinajstić information content (AvgIpc) is 2.85. The topological polar surface area (TPSA) is 88.8 Å². The van der Waals surface area contributed by atoms with Gasteiger partial charge in [-0.1, -0.05) is 18.2 Å². The first-order valence-electron chi connectivity index (χ1n) is 6.71. The summed E-state index contributed by atoms with van der Waals surface area (Å²) >= 11 is 0. The minimum absolute atomic E-state index is 0.155. The number of hydrogen-bond acceptors (Lipinski definition) is 4. The van der Waals surface area contributed by atoms with Crippen molar-refractivity contribution >= 4 is 11.9 Å². The maximum absolute atomic E-state index is 12.3. The first-order chi connectivity index (χ1) is 10.5. The van der Waals surface area contributed by atoms with Crippen molar-refractivity contribution in [2.24, 2.45) is 0 Å². The number of carboxylic acids is 1. The van der Waals surface area contributed by atoms with Gasteiger partial charge in [0.2, 0.25) is 0 Å². The molecule has 2 rings (SSSR count). The molecular weight excluding hydrogens is 286 g/mol. The summed E-state index contributed by atoms with van der Waals surface area (Å²) in [6.45, 7) is 1.98. The van der Waals surface area contributed by atoms with Crippen molar-refractivity contribution in [3.63, 3.8) is 0 Å². The second-order valence-corrected chi connectivity index (χ2v) is 4.78. The number of rotatable bonds is 6. The fourth-order valence-corrected chi connectivity index (χ4v) is 2.18. The summed E-state index contributed by atoms with van der Waals surface area (Å²) in [6, 6.07) is 7.35. The quantitative estimate of drug-likeness (QED) is 0.853. The van der Waals surface area contributed by atoms with Crippen molar-refractivity contribution in [3.8, 4) is 5.75 Å². The lowest BCUT2D eigenvalue weighted by Crippen LogP contribution is -2.24. The molecule has 0 atom stereocenters. The second kappa shape index (κ2) is 6.80. The number of aryl methyl sites for hydroxylation is 1. The Balaban J connectivity index is 2.13. The molecule has 6 heteroatoms. The third-order valence-corrected chi connectivity index (χ3v) is 3.22.